The second kappa shape index (κ2) is 6.29. The Hall–Kier alpha value is -1.22. The molecule has 19 heavy (non-hydrogen) atoms. The first kappa shape index (κ1) is 14.2. The monoisotopic (exact) mass is 263 g/mol. The molecule has 0 bridgehead atoms. The van der Waals surface area contributed by atoms with E-state index in [1.54, 1.807) is 18.2 Å². The second-order valence-electron chi connectivity index (χ2n) is 5.57. The van der Waals surface area contributed by atoms with Gasteiger partial charge in [0.1, 0.15) is 5.82 Å². The van der Waals surface area contributed by atoms with Gasteiger partial charge in [-0.3, -0.25) is 4.79 Å². The van der Waals surface area contributed by atoms with E-state index in [1.165, 1.54) is 18.9 Å². The van der Waals surface area contributed by atoms with Gasteiger partial charge >= 0.3 is 0 Å². The number of benzene rings is 1. The van der Waals surface area contributed by atoms with Gasteiger partial charge in [0.15, 0.2) is 5.78 Å². The van der Waals surface area contributed by atoms with Crippen LogP contribution in [0.5, 0.6) is 0 Å². The van der Waals surface area contributed by atoms with Gasteiger partial charge in [-0.15, -0.1) is 0 Å². The number of halogens is 1. The van der Waals surface area contributed by atoms with Crippen LogP contribution in [0.2, 0.25) is 0 Å². The summed E-state index contributed by atoms with van der Waals surface area (Å²) in [5, 5.41) is 0. The van der Waals surface area contributed by atoms with Gasteiger partial charge in [-0.1, -0.05) is 32.4 Å². The van der Waals surface area contributed by atoms with Crippen LogP contribution < -0.4 is 0 Å². The normalized spacial score (nSPS) is 21.5. The molecule has 0 spiro atoms. The minimum atomic E-state index is -0.410. The summed E-state index contributed by atoms with van der Waals surface area (Å²) >= 11 is 0. The van der Waals surface area contributed by atoms with Crippen molar-refractivity contribution in [1.82, 2.24) is 4.90 Å². The van der Waals surface area contributed by atoms with Crippen molar-refractivity contribution < 1.29 is 9.18 Å². The quantitative estimate of drug-likeness (QED) is 0.759. The lowest BCUT2D eigenvalue weighted by Gasteiger charge is -2.20. The van der Waals surface area contributed by atoms with Crippen LogP contribution >= 0.6 is 0 Å². The fourth-order valence-electron chi connectivity index (χ4n) is 2.81. The molecular weight excluding hydrogens is 241 g/mol. The predicted octanol–water partition coefficient (Wildman–Crippen LogP) is 3.38. The number of hydrogen-bond donors (Lipinski definition) is 0. The summed E-state index contributed by atoms with van der Waals surface area (Å²) in [6, 6.07) is 6.25. The number of nitrogens with zero attached hydrogens (tertiary/aromatic N) is 1. The molecule has 1 aromatic carbocycles. The average Bonchev–Trinajstić information content (AvgIpc) is 2.86. The molecule has 0 aliphatic carbocycles. The Balaban J connectivity index is 1.95. The molecule has 1 aromatic rings. The van der Waals surface area contributed by atoms with Gasteiger partial charge < -0.3 is 4.90 Å². The molecule has 1 heterocycles. The number of ketones is 1. The van der Waals surface area contributed by atoms with Crippen molar-refractivity contribution in [2.45, 2.75) is 26.7 Å². The zero-order valence-electron chi connectivity index (χ0n) is 11.7. The Labute approximate surface area is 114 Å². The number of Topliss-reactive ketones (excluding diaryl/α,β-unsaturated/α-hetero) is 1. The molecule has 1 fully saturated rings. The second-order valence-corrected chi connectivity index (χ2v) is 5.57. The number of carbonyl (C=O) groups is 1. The van der Waals surface area contributed by atoms with E-state index in [1.807, 2.05) is 6.92 Å². The lowest BCUT2D eigenvalue weighted by atomic mass is 9.98. The average molecular weight is 263 g/mol. The van der Waals surface area contributed by atoms with Crippen LogP contribution in [-0.4, -0.2) is 30.3 Å². The SMILES string of the molecule is CCC1CCN(CC(C)C(=O)c2ccccc2F)C1. The third kappa shape index (κ3) is 3.41. The maximum Gasteiger partial charge on any atom is 0.169 e. The molecule has 0 saturated carbocycles. The Kier molecular flexibility index (Phi) is 4.70. The number of carbonyl (C=O) groups excluding carboxylic acids is 1. The summed E-state index contributed by atoms with van der Waals surface area (Å²) in [5.74, 6) is 0.119. The van der Waals surface area contributed by atoms with Crippen LogP contribution in [0.25, 0.3) is 0 Å². The van der Waals surface area contributed by atoms with Crippen LogP contribution in [0.4, 0.5) is 4.39 Å². The van der Waals surface area contributed by atoms with Gasteiger partial charge in [-0.2, -0.15) is 0 Å². The minimum Gasteiger partial charge on any atom is -0.302 e. The van der Waals surface area contributed by atoms with Crippen LogP contribution in [-0.2, 0) is 0 Å². The Morgan fingerprint density at radius 1 is 1.47 bits per heavy atom. The van der Waals surface area contributed by atoms with E-state index in [-0.39, 0.29) is 17.3 Å². The smallest absolute Gasteiger partial charge is 0.169 e. The topological polar surface area (TPSA) is 20.3 Å². The first-order chi connectivity index (χ1) is 9.11. The van der Waals surface area contributed by atoms with E-state index in [0.29, 0.717) is 0 Å². The summed E-state index contributed by atoms with van der Waals surface area (Å²) in [4.78, 5) is 14.6. The minimum absolute atomic E-state index is 0.0851. The van der Waals surface area contributed by atoms with Crippen molar-refractivity contribution in [3.8, 4) is 0 Å². The van der Waals surface area contributed by atoms with Gasteiger partial charge in [0.25, 0.3) is 0 Å². The van der Waals surface area contributed by atoms with Crippen LogP contribution in [0.1, 0.15) is 37.0 Å². The van der Waals surface area contributed by atoms with Crippen LogP contribution in [0.3, 0.4) is 0 Å². The molecule has 0 amide bonds. The van der Waals surface area contributed by atoms with E-state index in [2.05, 4.69) is 11.8 Å². The molecule has 3 heteroatoms. The third-order valence-corrected chi connectivity index (χ3v) is 4.07. The molecule has 2 rings (SSSR count). The molecular formula is C16H22FNO. The lowest BCUT2D eigenvalue weighted by molar-refractivity contribution is 0.0897. The molecule has 1 aliphatic rings. The lowest BCUT2D eigenvalue weighted by Crippen LogP contribution is -2.30. The van der Waals surface area contributed by atoms with Gasteiger partial charge in [0.05, 0.1) is 5.56 Å². The Bertz CT molecular complexity index is 446. The van der Waals surface area contributed by atoms with E-state index in [4.69, 9.17) is 0 Å². The molecule has 2 unspecified atom stereocenters. The van der Waals surface area contributed by atoms with Gasteiger partial charge in [-0.25, -0.2) is 4.39 Å². The third-order valence-electron chi connectivity index (χ3n) is 4.07. The first-order valence-corrected chi connectivity index (χ1v) is 7.13. The highest BCUT2D eigenvalue weighted by Gasteiger charge is 2.25. The molecule has 2 nitrogen and oxygen atoms in total. The zero-order valence-corrected chi connectivity index (χ0v) is 11.7. The summed E-state index contributed by atoms with van der Waals surface area (Å²) in [5.41, 5.74) is 0.223. The summed E-state index contributed by atoms with van der Waals surface area (Å²) in [6.45, 7) is 6.98. The van der Waals surface area contributed by atoms with E-state index in [0.717, 1.165) is 25.6 Å². The molecule has 104 valence electrons. The van der Waals surface area contributed by atoms with Crippen molar-refractivity contribution in [3.63, 3.8) is 0 Å². The molecule has 0 N–H and O–H groups in total. The molecule has 1 aliphatic heterocycles. The summed E-state index contributed by atoms with van der Waals surface area (Å²) in [7, 11) is 0. The Morgan fingerprint density at radius 3 is 2.84 bits per heavy atom. The van der Waals surface area contributed by atoms with Crippen molar-refractivity contribution in [3.05, 3.63) is 35.6 Å². The van der Waals surface area contributed by atoms with Gasteiger partial charge in [0, 0.05) is 19.0 Å². The van der Waals surface area contributed by atoms with Gasteiger partial charge in [0.2, 0.25) is 0 Å². The van der Waals surface area contributed by atoms with Crippen molar-refractivity contribution in [1.29, 1.82) is 0 Å². The first-order valence-electron chi connectivity index (χ1n) is 7.13. The van der Waals surface area contributed by atoms with Crippen LogP contribution in [0, 0.1) is 17.7 Å². The summed E-state index contributed by atoms with van der Waals surface area (Å²) < 4.78 is 13.6. The fourth-order valence-corrected chi connectivity index (χ4v) is 2.81. The number of hydrogen-bond acceptors (Lipinski definition) is 2. The largest absolute Gasteiger partial charge is 0.302 e. The maximum atomic E-state index is 13.6. The predicted molar refractivity (Wildman–Crippen MR) is 74.7 cm³/mol. The van der Waals surface area contributed by atoms with Gasteiger partial charge in [-0.05, 0) is 31.0 Å². The summed E-state index contributed by atoms with van der Waals surface area (Å²) in [6.07, 6.45) is 2.42. The highest BCUT2D eigenvalue weighted by atomic mass is 19.1. The molecule has 2 atom stereocenters. The standard InChI is InChI=1S/C16H22FNO/c1-3-13-8-9-18(11-13)10-12(2)16(19)14-6-4-5-7-15(14)17/h4-7,12-13H,3,8-11H2,1-2H3. The highest BCUT2D eigenvalue weighted by Crippen LogP contribution is 2.21. The molecule has 0 aromatic heterocycles. The van der Waals surface area contributed by atoms with Crippen molar-refractivity contribution in [2.75, 3.05) is 19.6 Å². The van der Waals surface area contributed by atoms with E-state index in [9.17, 15) is 9.18 Å². The zero-order chi connectivity index (χ0) is 13.8. The van der Waals surface area contributed by atoms with Crippen LogP contribution in [0.15, 0.2) is 24.3 Å². The van der Waals surface area contributed by atoms with Crippen molar-refractivity contribution >= 4 is 5.78 Å². The highest BCUT2D eigenvalue weighted by molar-refractivity contribution is 5.98. The molecule has 0 radical (unpaired) electrons. The maximum absolute atomic E-state index is 13.6. The number of likely N-dealkylation sites (tertiary alicyclic amines) is 1. The Morgan fingerprint density at radius 2 is 2.21 bits per heavy atom. The van der Waals surface area contributed by atoms with E-state index < -0.39 is 5.82 Å². The fraction of sp³-hybridized carbons (Fsp3) is 0.562. The van der Waals surface area contributed by atoms with Crippen molar-refractivity contribution in [2.24, 2.45) is 11.8 Å². The number of rotatable bonds is 5. The van der Waals surface area contributed by atoms with E-state index >= 15 is 0 Å². The molecule has 1 saturated heterocycles.